The topological polar surface area (TPSA) is 71.5 Å². The Bertz CT molecular complexity index is 817. The molecule has 0 bridgehead atoms. The van der Waals surface area contributed by atoms with E-state index < -0.39 is 5.60 Å². The zero-order chi connectivity index (χ0) is 20.1. The Balaban J connectivity index is 1.80. The number of unbranched alkanes of at least 4 members (excludes halogenated alkanes) is 1. The number of pyridine rings is 1. The van der Waals surface area contributed by atoms with Crippen LogP contribution in [0.2, 0.25) is 5.02 Å². The minimum absolute atomic E-state index is 0.224. The molecule has 2 aromatic rings. The molecule has 1 unspecified atom stereocenters. The molecule has 6 heteroatoms. The molecule has 1 fully saturated rings. The molecule has 5 nitrogen and oxygen atoms in total. The first-order valence-electron chi connectivity index (χ1n) is 9.80. The van der Waals surface area contributed by atoms with Crippen LogP contribution in [0.3, 0.4) is 0 Å². The molecule has 1 aliphatic carbocycles. The van der Waals surface area contributed by atoms with Gasteiger partial charge in [-0.2, -0.15) is 0 Å². The van der Waals surface area contributed by atoms with Crippen LogP contribution >= 0.6 is 11.6 Å². The van der Waals surface area contributed by atoms with E-state index in [0.717, 1.165) is 36.8 Å². The summed E-state index contributed by atoms with van der Waals surface area (Å²) in [5, 5.41) is 13.9. The van der Waals surface area contributed by atoms with Gasteiger partial charge in [0.25, 0.3) is 5.91 Å². The molecule has 0 radical (unpaired) electrons. The first kappa shape index (κ1) is 20.6. The second-order valence-corrected chi connectivity index (χ2v) is 8.04. The van der Waals surface area contributed by atoms with E-state index in [2.05, 4.69) is 17.2 Å². The number of hydrogen-bond acceptors (Lipinski definition) is 4. The van der Waals surface area contributed by atoms with Crippen LogP contribution in [0, 0.1) is 5.92 Å². The van der Waals surface area contributed by atoms with Crippen LogP contribution < -0.4 is 10.1 Å². The van der Waals surface area contributed by atoms with E-state index in [1.54, 1.807) is 25.1 Å². The van der Waals surface area contributed by atoms with Gasteiger partial charge in [-0.1, -0.05) is 37.1 Å². The van der Waals surface area contributed by atoms with Crippen molar-refractivity contribution in [2.75, 3.05) is 13.2 Å². The first-order chi connectivity index (χ1) is 13.4. The predicted molar refractivity (Wildman–Crippen MR) is 111 cm³/mol. The lowest BCUT2D eigenvalue weighted by molar-refractivity contribution is 0.0354. The van der Waals surface area contributed by atoms with Crippen molar-refractivity contribution in [3.63, 3.8) is 0 Å². The fourth-order valence-electron chi connectivity index (χ4n) is 3.05. The third kappa shape index (κ3) is 5.24. The molecule has 1 aromatic carbocycles. The molecule has 28 heavy (non-hydrogen) atoms. The number of ether oxygens (including phenoxy) is 1. The van der Waals surface area contributed by atoms with E-state index >= 15 is 0 Å². The summed E-state index contributed by atoms with van der Waals surface area (Å²) >= 11 is 6.00. The van der Waals surface area contributed by atoms with Crippen LogP contribution in [0.4, 0.5) is 0 Å². The number of hydrogen-bond donors (Lipinski definition) is 2. The molecular formula is C22H27ClN2O3. The van der Waals surface area contributed by atoms with Crippen LogP contribution in [0.1, 0.15) is 49.9 Å². The summed E-state index contributed by atoms with van der Waals surface area (Å²) < 4.78 is 5.84. The lowest BCUT2D eigenvalue weighted by Gasteiger charge is -2.23. The van der Waals surface area contributed by atoms with Crippen molar-refractivity contribution >= 4 is 17.5 Å². The summed E-state index contributed by atoms with van der Waals surface area (Å²) in [5.41, 5.74) is 1.18. The second kappa shape index (κ2) is 8.93. The predicted octanol–water partition coefficient (Wildman–Crippen LogP) is 4.47. The Hall–Kier alpha value is -2.11. The summed E-state index contributed by atoms with van der Waals surface area (Å²) in [6.07, 6.45) is 5.49. The maximum atomic E-state index is 12.6. The number of benzene rings is 1. The monoisotopic (exact) mass is 402 g/mol. The normalized spacial score (nSPS) is 15.7. The average Bonchev–Trinajstić information content (AvgIpc) is 3.53. The van der Waals surface area contributed by atoms with Crippen molar-refractivity contribution in [1.29, 1.82) is 0 Å². The summed E-state index contributed by atoms with van der Waals surface area (Å²) in [6, 6.07) is 9.13. The van der Waals surface area contributed by atoms with E-state index in [9.17, 15) is 9.90 Å². The SMILES string of the molecule is CCCCOc1ncc(C(=O)NCC(C)(O)C2CC2)cc1-c1ccc(Cl)cc1. The Kier molecular flexibility index (Phi) is 6.57. The fourth-order valence-corrected chi connectivity index (χ4v) is 3.18. The largest absolute Gasteiger partial charge is 0.477 e. The summed E-state index contributed by atoms with van der Waals surface area (Å²) in [4.78, 5) is 17.0. The smallest absolute Gasteiger partial charge is 0.252 e. The van der Waals surface area contributed by atoms with Gasteiger partial charge in [-0.05, 0) is 55.9 Å². The van der Waals surface area contributed by atoms with Gasteiger partial charge in [0.05, 0.1) is 17.8 Å². The van der Waals surface area contributed by atoms with Crippen molar-refractivity contribution in [1.82, 2.24) is 10.3 Å². The highest BCUT2D eigenvalue weighted by Crippen LogP contribution is 2.39. The zero-order valence-corrected chi connectivity index (χ0v) is 17.1. The fraction of sp³-hybridized carbons (Fsp3) is 0.455. The maximum absolute atomic E-state index is 12.6. The van der Waals surface area contributed by atoms with E-state index in [1.807, 2.05) is 12.1 Å². The van der Waals surface area contributed by atoms with Crippen LogP contribution in [0.25, 0.3) is 11.1 Å². The number of nitrogens with zero attached hydrogens (tertiary/aromatic N) is 1. The van der Waals surface area contributed by atoms with Gasteiger partial charge in [0.2, 0.25) is 5.88 Å². The van der Waals surface area contributed by atoms with E-state index in [0.29, 0.717) is 23.1 Å². The molecular weight excluding hydrogens is 376 g/mol. The molecule has 2 N–H and O–H groups in total. The molecule has 0 saturated heterocycles. The van der Waals surface area contributed by atoms with Crippen molar-refractivity contribution in [2.45, 2.75) is 45.1 Å². The van der Waals surface area contributed by atoms with Gasteiger partial charge in [-0.15, -0.1) is 0 Å². The van der Waals surface area contributed by atoms with Gasteiger partial charge in [0.15, 0.2) is 0 Å². The van der Waals surface area contributed by atoms with Crippen molar-refractivity contribution < 1.29 is 14.6 Å². The quantitative estimate of drug-likeness (QED) is 0.607. The number of carbonyl (C=O) groups is 1. The number of nitrogens with one attached hydrogen (secondary N) is 1. The molecule has 1 heterocycles. The third-order valence-corrected chi connectivity index (χ3v) is 5.32. The molecule has 1 saturated carbocycles. The number of halogens is 1. The second-order valence-electron chi connectivity index (χ2n) is 7.60. The lowest BCUT2D eigenvalue weighted by Crippen LogP contribution is -2.42. The average molecular weight is 403 g/mol. The van der Waals surface area contributed by atoms with Gasteiger partial charge < -0.3 is 15.2 Å². The van der Waals surface area contributed by atoms with Crippen LogP contribution in [0.15, 0.2) is 36.5 Å². The van der Waals surface area contributed by atoms with Crippen molar-refractivity contribution in [2.24, 2.45) is 5.92 Å². The van der Waals surface area contributed by atoms with Crippen LogP contribution in [-0.2, 0) is 0 Å². The van der Waals surface area contributed by atoms with Gasteiger partial charge in [0.1, 0.15) is 0 Å². The minimum Gasteiger partial charge on any atom is -0.477 e. The Morgan fingerprint density at radius 1 is 1.36 bits per heavy atom. The highest BCUT2D eigenvalue weighted by Gasteiger charge is 2.40. The number of carbonyl (C=O) groups excluding carboxylic acids is 1. The van der Waals surface area contributed by atoms with Gasteiger partial charge in [-0.3, -0.25) is 4.79 Å². The van der Waals surface area contributed by atoms with Crippen molar-refractivity contribution in [3.8, 4) is 17.0 Å². The molecule has 1 atom stereocenters. The summed E-state index contributed by atoms with van der Waals surface area (Å²) in [6.45, 7) is 4.66. The maximum Gasteiger partial charge on any atom is 0.252 e. The molecule has 1 aliphatic rings. The number of rotatable bonds is 9. The minimum atomic E-state index is -0.870. The number of aliphatic hydroxyl groups is 1. The Morgan fingerprint density at radius 3 is 2.71 bits per heavy atom. The van der Waals surface area contributed by atoms with E-state index in [-0.39, 0.29) is 18.4 Å². The first-order valence-corrected chi connectivity index (χ1v) is 10.2. The zero-order valence-electron chi connectivity index (χ0n) is 16.4. The van der Waals surface area contributed by atoms with Gasteiger partial charge in [0, 0.05) is 23.3 Å². The third-order valence-electron chi connectivity index (χ3n) is 5.07. The molecule has 0 aliphatic heterocycles. The highest BCUT2D eigenvalue weighted by atomic mass is 35.5. The molecule has 1 amide bonds. The standard InChI is InChI=1S/C22H27ClN2O3/c1-3-4-11-28-21-19(15-5-9-18(23)10-6-15)12-16(13-24-21)20(26)25-14-22(2,27)17-7-8-17/h5-6,9-10,12-13,17,27H,3-4,7-8,11,14H2,1-2H3,(H,25,26). The summed E-state index contributed by atoms with van der Waals surface area (Å²) in [7, 11) is 0. The Labute approximate surface area is 171 Å². The molecule has 3 rings (SSSR count). The molecule has 1 aromatic heterocycles. The van der Waals surface area contributed by atoms with Gasteiger partial charge >= 0.3 is 0 Å². The van der Waals surface area contributed by atoms with Crippen molar-refractivity contribution in [3.05, 3.63) is 47.1 Å². The van der Waals surface area contributed by atoms with Crippen LogP contribution in [-0.4, -0.2) is 34.8 Å². The highest BCUT2D eigenvalue weighted by molar-refractivity contribution is 6.30. The molecule has 150 valence electrons. The van der Waals surface area contributed by atoms with Crippen LogP contribution in [0.5, 0.6) is 5.88 Å². The van der Waals surface area contributed by atoms with E-state index in [1.165, 1.54) is 6.20 Å². The number of amides is 1. The Morgan fingerprint density at radius 2 is 2.07 bits per heavy atom. The molecule has 0 spiro atoms. The summed E-state index contributed by atoms with van der Waals surface area (Å²) in [5.74, 6) is 0.506. The van der Waals surface area contributed by atoms with E-state index in [4.69, 9.17) is 16.3 Å². The van der Waals surface area contributed by atoms with Gasteiger partial charge in [-0.25, -0.2) is 4.98 Å². The lowest BCUT2D eigenvalue weighted by atomic mass is 10.0. The number of aromatic nitrogens is 1.